The fourth-order valence-electron chi connectivity index (χ4n) is 0.966. The summed E-state index contributed by atoms with van der Waals surface area (Å²) in [6, 6.07) is 0. The number of ether oxygens (including phenoxy) is 1. The lowest BCUT2D eigenvalue weighted by Crippen LogP contribution is -2.33. The number of amides is 1. The van der Waals surface area contributed by atoms with Crippen molar-refractivity contribution in [3.8, 4) is 0 Å². The maximum atomic E-state index is 10.5. The quantitative estimate of drug-likeness (QED) is 0.504. The fourth-order valence-corrected chi connectivity index (χ4v) is 0.966. The van der Waals surface area contributed by atoms with Crippen molar-refractivity contribution in [3.05, 3.63) is 0 Å². The highest BCUT2D eigenvalue weighted by atomic mass is 16.5. The van der Waals surface area contributed by atoms with Gasteiger partial charge in [0.15, 0.2) is 0 Å². The second-order valence-corrected chi connectivity index (χ2v) is 2.77. The highest BCUT2D eigenvalue weighted by molar-refractivity contribution is 5.73. The zero-order valence-corrected chi connectivity index (χ0v) is 8.03. The lowest BCUT2D eigenvalue weighted by atomic mass is 10.3. The van der Waals surface area contributed by atoms with E-state index in [4.69, 9.17) is 15.6 Å². The number of methoxy groups -OCH3 is 1. The van der Waals surface area contributed by atoms with Gasteiger partial charge in [-0.1, -0.05) is 0 Å². The molecular weight excluding hydrogens is 172 g/mol. The molecule has 0 aromatic heterocycles. The Bertz CT molecular complexity index is 141. The van der Waals surface area contributed by atoms with E-state index in [1.165, 1.54) is 0 Å². The maximum Gasteiger partial charge on any atom is 0.218 e. The van der Waals surface area contributed by atoms with E-state index in [2.05, 4.69) is 0 Å². The number of aliphatic hydroxyl groups is 1. The molecule has 5 nitrogen and oxygen atoms in total. The summed E-state index contributed by atoms with van der Waals surface area (Å²) in [6.45, 7) is 2.53. The van der Waals surface area contributed by atoms with E-state index >= 15 is 0 Å². The number of carbonyl (C=O) groups excluding carboxylic acids is 1. The molecule has 0 fully saturated rings. The van der Waals surface area contributed by atoms with Crippen molar-refractivity contribution in [2.24, 2.45) is 5.73 Å². The third-order valence-electron chi connectivity index (χ3n) is 1.70. The number of primary amides is 1. The first kappa shape index (κ1) is 12.3. The summed E-state index contributed by atoms with van der Waals surface area (Å²) in [7, 11) is 1.62. The molecule has 0 bridgehead atoms. The van der Waals surface area contributed by atoms with Crippen molar-refractivity contribution in [3.63, 3.8) is 0 Å². The number of rotatable bonds is 8. The van der Waals surface area contributed by atoms with Crippen LogP contribution in [0.15, 0.2) is 0 Å². The Morgan fingerprint density at radius 2 is 2.15 bits per heavy atom. The Hall–Kier alpha value is -0.650. The molecule has 3 N–H and O–H groups in total. The third-order valence-corrected chi connectivity index (χ3v) is 1.70. The first-order valence-corrected chi connectivity index (χ1v) is 4.31. The van der Waals surface area contributed by atoms with E-state index in [1.807, 2.05) is 4.90 Å². The van der Waals surface area contributed by atoms with Gasteiger partial charge in [0, 0.05) is 33.2 Å². The molecule has 0 unspecified atom stereocenters. The molecule has 0 aromatic rings. The van der Waals surface area contributed by atoms with E-state index in [1.54, 1.807) is 7.11 Å². The number of nitrogens with two attached hydrogens (primary N) is 1. The van der Waals surface area contributed by atoms with Crippen LogP contribution in [0.3, 0.4) is 0 Å². The topological polar surface area (TPSA) is 75.8 Å². The van der Waals surface area contributed by atoms with Crippen LogP contribution >= 0.6 is 0 Å². The summed E-state index contributed by atoms with van der Waals surface area (Å²) in [5.74, 6) is -0.319. The molecule has 0 atom stereocenters. The van der Waals surface area contributed by atoms with E-state index < -0.39 is 0 Å². The van der Waals surface area contributed by atoms with Gasteiger partial charge in [0.25, 0.3) is 0 Å². The lowest BCUT2D eigenvalue weighted by molar-refractivity contribution is -0.118. The highest BCUT2D eigenvalue weighted by Crippen LogP contribution is 1.90. The normalized spacial score (nSPS) is 10.7. The van der Waals surface area contributed by atoms with Crippen LogP contribution in [0.4, 0.5) is 0 Å². The standard InChI is InChI=1S/C8H18N2O3/c1-13-7-5-10(4-6-11)3-2-8(9)12/h11H,2-7H2,1H3,(H2,9,12). The number of hydrogen-bond donors (Lipinski definition) is 2. The molecule has 5 heteroatoms. The smallest absolute Gasteiger partial charge is 0.218 e. The largest absolute Gasteiger partial charge is 0.395 e. The van der Waals surface area contributed by atoms with E-state index in [-0.39, 0.29) is 12.5 Å². The molecule has 0 radical (unpaired) electrons. The van der Waals surface area contributed by atoms with Gasteiger partial charge in [-0.05, 0) is 0 Å². The van der Waals surface area contributed by atoms with Crippen molar-refractivity contribution in [2.75, 3.05) is 40.0 Å². The second-order valence-electron chi connectivity index (χ2n) is 2.77. The van der Waals surface area contributed by atoms with E-state index in [0.717, 1.165) is 0 Å². The van der Waals surface area contributed by atoms with Gasteiger partial charge in [-0.25, -0.2) is 0 Å². The minimum Gasteiger partial charge on any atom is -0.395 e. The number of aliphatic hydroxyl groups excluding tert-OH is 1. The van der Waals surface area contributed by atoms with Crippen molar-refractivity contribution < 1.29 is 14.6 Å². The van der Waals surface area contributed by atoms with Crippen molar-refractivity contribution in [1.29, 1.82) is 0 Å². The zero-order chi connectivity index (χ0) is 10.1. The average molecular weight is 190 g/mol. The average Bonchev–Trinajstić information content (AvgIpc) is 2.09. The fraction of sp³-hybridized carbons (Fsp3) is 0.875. The summed E-state index contributed by atoms with van der Waals surface area (Å²) in [6.07, 6.45) is 0.323. The first-order valence-electron chi connectivity index (χ1n) is 4.31. The minimum absolute atomic E-state index is 0.0858. The molecule has 0 aliphatic carbocycles. The molecule has 0 heterocycles. The Labute approximate surface area is 78.5 Å². The van der Waals surface area contributed by atoms with Crippen molar-refractivity contribution in [1.82, 2.24) is 4.90 Å². The van der Waals surface area contributed by atoms with Crippen LogP contribution in [-0.4, -0.2) is 55.9 Å². The second kappa shape index (κ2) is 7.97. The van der Waals surface area contributed by atoms with E-state index in [0.29, 0.717) is 32.7 Å². The third kappa shape index (κ3) is 7.70. The molecule has 0 saturated carbocycles. The number of carbonyl (C=O) groups is 1. The van der Waals surface area contributed by atoms with Gasteiger partial charge >= 0.3 is 0 Å². The van der Waals surface area contributed by atoms with Crippen LogP contribution in [0.25, 0.3) is 0 Å². The van der Waals surface area contributed by atoms with Gasteiger partial charge in [-0.15, -0.1) is 0 Å². The molecule has 0 aliphatic heterocycles. The molecule has 0 aromatic carbocycles. The Morgan fingerprint density at radius 1 is 1.46 bits per heavy atom. The predicted octanol–water partition coefficient (Wildman–Crippen LogP) is -1.20. The molecule has 78 valence electrons. The SMILES string of the molecule is COCCN(CCO)CCC(N)=O. The zero-order valence-electron chi connectivity index (χ0n) is 8.03. The summed E-state index contributed by atoms with van der Waals surface area (Å²) in [5.41, 5.74) is 5.01. The Balaban J connectivity index is 3.59. The van der Waals surface area contributed by atoms with E-state index in [9.17, 15) is 4.79 Å². The first-order chi connectivity index (χ1) is 6.20. The molecule has 13 heavy (non-hydrogen) atoms. The number of hydrogen-bond acceptors (Lipinski definition) is 4. The summed E-state index contributed by atoms with van der Waals surface area (Å²) in [4.78, 5) is 12.4. The molecule has 0 saturated heterocycles. The summed E-state index contributed by atoms with van der Waals surface area (Å²) >= 11 is 0. The van der Waals surface area contributed by atoms with Gasteiger partial charge in [0.2, 0.25) is 5.91 Å². The van der Waals surface area contributed by atoms with Gasteiger partial charge in [-0.2, -0.15) is 0 Å². The van der Waals surface area contributed by atoms with Gasteiger partial charge in [-0.3, -0.25) is 9.69 Å². The van der Waals surface area contributed by atoms with Crippen molar-refractivity contribution >= 4 is 5.91 Å². The van der Waals surface area contributed by atoms with Crippen molar-refractivity contribution in [2.45, 2.75) is 6.42 Å². The predicted molar refractivity (Wildman–Crippen MR) is 49.2 cm³/mol. The molecule has 1 amide bonds. The summed E-state index contributed by atoms with van der Waals surface area (Å²) in [5, 5.41) is 8.70. The number of nitrogens with zero attached hydrogens (tertiary/aromatic N) is 1. The van der Waals surface area contributed by atoms with Gasteiger partial charge in [0.1, 0.15) is 0 Å². The Morgan fingerprint density at radius 3 is 2.62 bits per heavy atom. The van der Waals surface area contributed by atoms with Gasteiger partial charge < -0.3 is 15.6 Å². The minimum atomic E-state index is -0.319. The Kier molecular flexibility index (Phi) is 7.57. The van der Waals surface area contributed by atoms with Crippen LogP contribution in [-0.2, 0) is 9.53 Å². The lowest BCUT2D eigenvalue weighted by Gasteiger charge is -2.19. The van der Waals surface area contributed by atoms with Crippen LogP contribution in [0, 0.1) is 0 Å². The van der Waals surface area contributed by atoms with Crippen LogP contribution in [0.5, 0.6) is 0 Å². The monoisotopic (exact) mass is 190 g/mol. The van der Waals surface area contributed by atoms with Crippen LogP contribution in [0.2, 0.25) is 0 Å². The van der Waals surface area contributed by atoms with Crippen LogP contribution < -0.4 is 5.73 Å². The molecule has 0 rings (SSSR count). The highest BCUT2D eigenvalue weighted by Gasteiger charge is 2.04. The van der Waals surface area contributed by atoms with Gasteiger partial charge in [0.05, 0.1) is 13.2 Å². The van der Waals surface area contributed by atoms with Crippen LogP contribution in [0.1, 0.15) is 6.42 Å². The molecule has 0 aliphatic rings. The maximum absolute atomic E-state index is 10.5. The molecule has 0 spiro atoms. The summed E-state index contributed by atoms with van der Waals surface area (Å²) < 4.78 is 4.89. The molecular formula is C8H18N2O3.